The minimum atomic E-state index is -0.249. The van der Waals surface area contributed by atoms with Crippen molar-refractivity contribution in [2.45, 2.75) is 171 Å². The van der Waals surface area contributed by atoms with Gasteiger partial charge in [-0.25, -0.2) is 19.6 Å². The number of pyridine rings is 3. The first-order valence-electron chi connectivity index (χ1n) is 48.3. The van der Waals surface area contributed by atoms with Crippen LogP contribution in [0.3, 0.4) is 0 Å². The zero-order valence-corrected chi connectivity index (χ0v) is 93.3. The fourth-order valence-corrected chi connectivity index (χ4v) is 23.9. The molecule has 2 N–H and O–H groups in total. The predicted octanol–water partition coefficient (Wildman–Crippen LogP) is 30.9. The number of hydrogen-bond acceptors (Lipinski definition) is 11. The van der Waals surface area contributed by atoms with Gasteiger partial charge in [-0.05, 0) is 222 Å². The summed E-state index contributed by atoms with van der Waals surface area (Å²) in [6.45, 7) is 44.6. The molecular formula is C124H115N17Pd2Pt2-2. The van der Waals surface area contributed by atoms with E-state index in [1.807, 2.05) is 104 Å². The van der Waals surface area contributed by atoms with Crippen molar-refractivity contribution in [3.63, 3.8) is 0 Å². The number of aromatic nitrogens is 12. The number of hydrogen-bond donors (Lipinski definition) is 2. The fraction of sp³-hybridized carbons (Fsp3) is 0.210. The van der Waals surface area contributed by atoms with Crippen molar-refractivity contribution in [3.8, 4) is 34.1 Å². The van der Waals surface area contributed by atoms with Gasteiger partial charge in [0.15, 0.2) is 0 Å². The second-order valence-electron chi connectivity index (χ2n) is 40.9. The van der Waals surface area contributed by atoms with Crippen LogP contribution in [0.2, 0.25) is 0 Å². The maximum atomic E-state index is 5.72. The van der Waals surface area contributed by atoms with Gasteiger partial charge in [0, 0.05) is 95.9 Å². The molecule has 0 saturated carbocycles. The topological polar surface area (TPSA) is 164 Å². The molecule has 0 saturated heterocycles. The Morgan fingerprint density at radius 3 is 0.966 bits per heavy atom. The normalized spacial score (nSPS) is 14.7. The van der Waals surface area contributed by atoms with E-state index in [1.165, 1.54) is 142 Å². The maximum Gasteiger partial charge on any atom is 2.00 e. The van der Waals surface area contributed by atoms with Gasteiger partial charge >= 0.3 is 88.0 Å². The van der Waals surface area contributed by atoms with E-state index in [0.29, 0.717) is 0 Å². The Kier molecular flexibility index (Phi) is 26.5. The SMILES string of the molecule is CC.Cc1cc(C)n(-c2[c-]c(N3c4[c-]c5c(cc4C(C)(C)c4ccccc43)C(C)(C)c3cccc4c6cccnc6n-5c34)ccc2)n1.Cc1cc(C)n(-c2[c-]c(N3c4[c-]c5c(cc4C(C)(C)c4ccccc43)C(C)(C)c3cccc4c6cccnc6n-5c34)ccc2)n1.Cc1cc(C)n(-c2cccc(N3c4ccccc4C(C)(C)c4cc5c(cc43)-n3c4ncccc4c4cccc(c43)C5(C)C)c2)n1.[CH3-].[CH3-].[NH]=[Pd].[NH]=[Pt].[Pd+2].[Pt+2]. The van der Waals surface area contributed by atoms with Gasteiger partial charge in [0.2, 0.25) is 0 Å². The fourth-order valence-electron chi connectivity index (χ4n) is 23.9. The number of nitrogens with zero attached hydrogens (tertiary/aromatic N) is 15. The number of benzene rings is 12. The van der Waals surface area contributed by atoms with Crippen molar-refractivity contribution < 1.29 is 80.1 Å². The van der Waals surface area contributed by atoms with Crippen molar-refractivity contribution in [2.75, 3.05) is 14.7 Å². The van der Waals surface area contributed by atoms with E-state index >= 15 is 0 Å². The quantitative estimate of drug-likeness (QED) is 0.122. The third-order valence-corrected chi connectivity index (χ3v) is 30.5. The minimum absolute atomic E-state index is 0. The Morgan fingerprint density at radius 1 is 0.269 bits per heavy atom. The summed E-state index contributed by atoms with van der Waals surface area (Å²) in [6.07, 6.45) is 5.71. The Labute approximate surface area is 900 Å². The smallest absolute Gasteiger partial charge is 2.00 e. The van der Waals surface area contributed by atoms with Crippen molar-refractivity contribution in [2.24, 2.45) is 0 Å². The molecule has 0 unspecified atom stereocenters. The molecule has 0 bridgehead atoms. The van der Waals surface area contributed by atoms with Gasteiger partial charge in [0.05, 0.1) is 56.4 Å². The monoisotopic (exact) mass is 2440 g/mol. The molecule has 12 aromatic carbocycles. The standard InChI is InChI=1S/C40H35N5.2C40H33N5.C2H6.2CH3.2HN.2Pd.2Pt/c3*1-24-20-25(2)45(42-24)27-13-9-12-26(21-27)43-34-18-8-7-16-30(34)39(3,4)32-22-33-36(23-35(32)43)44-37-28(29-15-11-19-41-38(29)44)14-10-17-31(37)40(33,5)6;1-2;;;;;;;;/h7-23H,1-6H3;2*7-20,22H,1-6H3;1-2H3;2*1H3;2*1H;;;;/q;2*-2;;2*-1;;;;+2;;+2. The van der Waals surface area contributed by atoms with Crippen molar-refractivity contribution in [1.82, 2.24) is 58.0 Å². The Bertz CT molecular complexity index is 7970. The molecule has 0 amide bonds. The van der Waals surface area contributed by atoms with Crippen LogP contribution in [0.5, 0.6) is 0 Å². The molecule has 15 heterocycles. The van der Waals surface area contributed by atoms with Crippen LogP contribution in [0.25, 0.3) is 99.9 Å². The molecule has 6 aliphatic heterocycles. The number of nitrogens with one attached hydrogen (secondary N) is 2. The van der Waals surface area contributed by atoms with E-state index in [9.17, 15) is 0 Å². The average Bonchev–Trinajstić information content (AvgIpc) is 1.62. The van der Waals surface area contributed by atoms with Crippen LogP contribution in [0, 0.1) is 88.6 Å². The van der Waals surface area contributed by atoms with E-state index in [2.05, 4.69) is 405 Å². The summed E-state index contributed by atoms with van der Waals surface area (Å²) >= 11 is 3.39. The molecule has 145 heavy (non-hydrogen) atoms. The van der Waals surface area contributed by atoms with Crippen molar-refractivity contribution in [3.05, 3.63) is 426 Å². The summed E-state index contributed by atoms with van der Waals surface area (Å²) in [4.78, 5) is 22.0. The Hall–Kier alpha value is -13.2. The van der Waals surface area contributed by atoms with Crippen molar-refractivity contribution in [1.29, 1.82) is 7.90 Å². The first-order chi connectivity index (χ1) is 68.0. The van der Waals surface area contributed by atoms with E-state index in [0.717, 1.165) is 130 Å². The van der Waals surface area contributed by atoms with Gasteiger partial charge in [-0.3, -0.25) is 13.9 Å². The van der Waals surface area contributed by atoms with Gasteiger partial charge in [-0.2, -0.15) is 39.6 Å². The molecule has 0 atom stereocenters. The van der Waals surface area contributed by atoms with Gasteiger partial charge < -0.3 is 38.7 Å². The molecule has 17 nitrogen and oxygen atoms in total. The van der Waals surface area contributed by atoms with Gasteiger partial charge in [0.1, 0.15) is 16.9 Å². The second kappa shape index (κ2) is 37.7. The number of anilines is 9. The van der Waals surface area contributed by atoms with Crippen LogP contribution in [0.15, 0.2) is 286 Å². The van der Waals surface area contributed by atoms with Crippen LogP contribution in [0.1, 0.15) is 198 Å². The van der Waals surface area contributed by atoms with E-state index < -0.39 is 0 Å². The molecule has 21 aromatic rings. The summed E-state index contributed by atoms with van der Waals surface area (Å²) in [6, 6.07) is 112. The second-order valence-corrected chi connectivity index (χ2v) is 40.9. The Balaban J connectivity index is 0.000000137. The van der Waals surface area contributed by atoms with Crippen LogP contribution in [-0.4, -0.2) is 58.0 Å². The minimum Gasteiger partial charge on any atom is 2.00 e. The number of para-hydroxylation sites is 6. The number of fused-ring (bicyclic) bond motifs is 21. The molecule has 0 aliphatic carbocycles. The molecule has 9 aromatic heterocycles. The van der Waals surface area contributed by atoms with Crippen LogP contribution < -0.4 is 14.7 Å². The van der Waals surface area contributed by atoms with E-state index in [4.69, 9.17) is 38.1 Å². The number of aryl methyl sites for hydroxylation is 6. The predicted molar refractivity (Wildman–Crippen MR) is 577 cm³/mol. The van der Waals surface area contributed by atoms with Gasteiger partial charge in [-0.1, -0.05) is 246 Å². The summed E-state index contributed by atoms with van der Waals surface area (Å²) < 4.78 is 24.4. The summed E-state index contributed by atoms with van der Waals surface area (Å²) in [5, 5.41) is 21.6. The molecule has 0 fully saturated rings. The molecule has 21 heteroatoms. The summed E-state index contributed by atoms with van der Waals surface area (Å²) in [7, 11) is 0. The maximum absolute atomic E-state index is 5.72. The zero-order valence-electron chi connectivity index (χ0n) is 85.6. The average molecular weight is 2450 g/mol. The first-order valence-corrected chi connectivity index (χ1v) is 50.2. The molecule has 6 aliphatic rings. The number of rotatable bonds is 6. The third-order valence-electron chi connectivity index (χ3n) is 30.5. The van der Waals surface area contributed by atoms with Gasteiger partial charge in [-0.15, -0.1) is 70.8 Å². The first kappa shape index (κ1) is 102. The van der Waals surface area contributed by atoms with Crippen LogP contribution in [-0.2, 0) is 113 Å². The molecule has 0 radical (unpaired) electrons. The molecule has 0 spiro atoms. The summed E-state index contributed by atoms with van der Waals surface area (Å²) in [5.41, 5.74) is 43.1. The molecule has 27 rings (SSSR count). The van der Waals surface area contributed by atoms with E-state index in [1.54, 1.807) is 0 Å². The van der Waals surface area contributed by atoms with Crippen molar-refractivity contribution >= 4 is 117 Å². The third kappa shape index (κ3) is 15.3. The Morgan fingerprint density at radius 2 is 0.566 bits per heavy atom. The molecular weight excluding hydrogens is 2330 g/mol. The molecule has 738 valence electrons. The van der Waals surface area contributed by atoms with Crippen LogP contribution in [0.4, 0.5) is 51.2 Å². The van der Waals surface area contributed by atoms with Gasteiger partial charge in [0.25, 0.3) is 0 Å². The van der Waals surface area contributed by atoms with Crippen LogP contribution >= 0.6 is 0 Å². The largest absolute Gasteiger partial charge is 2.00 e. The van der Waals surface area contributed by atoms with E-state index in [-0.39, 0.29) is 88.8 Å². The summed E-state index contributed by atoms with van der Waals surface area (Å²) in [5.74, 6) is 0. The zero-order chi connectivity index (χ0) is 98.5.